The molecule has 28 heavy (non-hydrogen) atoms. The highest BCUT2D eigenvalue weighted by Crippen LogP contribution is 2.24. The van der Waals surface area contributed by atoms with Gasteiger partial charge in [0.2, 0.25) is 0 Å². The van der Waals surface area contributed by atoms with Gasteiger partial charge in [-0.05, 0) is 60.7 Å². The summed E-state index contributed by atoms with van der Waals surface area (Å²) in [5, 5.41) is 2.72. The zero-order chi connectivity index (χ0) is 20.4. The third-order valence-corrected chi connectivity index (χ3v) is 6.20. The summed E-state index contributed by atoms with van der Waals surface area (Å²) in [4.78, 5) is 24.4. The average Bonchev–Trinajstić information content (AvgIpc) is 2.72. The smallest absolute Gasteiger partial charge is 0.307 e. The van der Waals surface area contributed by atoms with E-state index in [1.807, 2.05) is 36.0 Å². The standard InChI is InChI=1S/C22H26BrNO3S/c1-16(15-28-20-11-9-19(23)10-12-20)3-4-17-5-7-18(8-6-17)22(26)24-14-13-21(25)27-2/h5-12,16H,3-4,13-15H2,1-2H3,(H,24,26). The molecule has 2 aromatic rings. The molecule has 150 valence electrons. The highest BCUT2D eigenvalue weighted by atomic mass is 79.9. The fraction of sp³-hybridized carbons (Fsp3) is 0.364. The van der Waals surface area contributed by atoms with Crippen molar-refractivity contribution < 1.29 is 14.3 Å². The molecule has 0 aliphatic carbocycles. The normalized spacial score (nSPS) is 11.7. The summed E-state index contributed by atoms with van der Waals surface area (Å²) in [5.74, 6) is 1.19. The van der Waals surface area contributed by atoms with Gasteiger partial charge in [-0.25, -0.2) is 0 Å². The van der Waals surface area contributed by atoms with E-state index in [9.17, 15) is 9.59 Å². The van der Waals surface area contributed by atoms with Gasteiger partial charge in [0, 0.05) is 27.2 Å². The van der Waals surface area contributed by atoms with Crippen LogP contribution in [0.3, 0.4) is 0 Å². The fourth-order valence-electron chi connectivity index (χ4n) is 2.57. The SMILES string of the molecule is COC(=O)CCNC(=O)c1ccc(CCC(C)CSc2ccc(Br)cc2)cc1. The van der Waals surface area contributed by atoms with Gasteiger partial charge in [0.05, 0.1) is 13.5 Å². The predicted molar refractivity (Wildman–Crippen MR) is 118 cm³/mol. The molecule has 1 atom stereocenters. The minimum atomic E-state index is -0.330. The molecular weight excluding hydrogens is 438 g/mol. The molecule has 0 aliphatic heterocycles. The number of benzene rings is 2. The number of nitrogens with one attached hydrogen (secondary N) is 1. The number of rotatable bonds is 10. The Morgan fingerprint density at radius 2 is 1.79 bits per heavy atom. The van der Waals surface area contributed by atoms with Crippen molar-refractivity contribution in [3.05, 3.63) is 64.1 Å². The third kappa shape index (κ3) is 8.07. The van der Waals surface area contributed by atoms with Crippen LogP contribution in [0.4, 0.5) is 0 Å². The molecule has 0 heterocycles. The van der Waals surface area contributed by atoms with Gasteiger partial charge in [-0.2, -0.15) is 0 Å². The number of halogens is 1. The van der Waals surface area contributed by atoms with E-state index in [2.05, 4.69) is 57.2 Å². The Bertz CT molecular complexity index is 762. The Balaban J connectivity index is 1.71. The Morgan fingerprint density at radius 3 is 2.43 bits per heavy atom. The van der Waals surface area contributed by atoms with Gasteiger partial charge in [-0.15, -0.1) is 11.8 Å². The van der Waals surface area contributed by atoms with Crippen LogP contribution in [0.2, 0.25) is 0 Å². The molecule has 0 aliphatic rings. The molecule has 0 radical (unpaired) electrons. The number of methoxy groups -OCH3 is 1. The summed E-state index contributed by atoms with van der Waals surface area (Å²) in [6, 6.07) is 16.1. The number of hydrogen-bond donors (Lipinski definition) is 1. The van der Waals surface area contributed by atoms with Gasteiger partial charge in [0.1, 0.15) is 0 Å². The van der Waals surface area contributed by atoms with E-state index in [1.165, 1.54) is 17.6 Å². The van der Waals surface area contributed by atoms with Crippen molar-refractivity contribution in [1.82, 2.24) is 5.32 Å². The van der Waals surface area contributed by atoms with E-state index in [0.717, 1.165) is 23.1 Å². The van der Waals surface area contributed by atoms with Crippen molar-refractivity contribution >= 4 is 39.6 Å². The Morgan fingerprint density at radius 1 is 1.11 bits per heavy atom. The number of aryl methyl sites for hydroxylation is 1. The summed E-state index contributed by atoms with van der Waals surface area (Å²) in [6.45, 7) is 2.55. The molecular formula is C22H26BrNO3S. The monoisotopic (exact) mass is 463 g/mol. The lowest BCUT2D eigenvalue weighted by Crippen LogP contribution is -2.26. The molecule has 0 spiro atoms. The number of thioether (sulfide) groups is 1. The first kappa shape index (κ1) is 22.5. The largest absolute Gasteiger partial charge is 0.469 e. The van der Waals surface area contributed by atoms with Crippen LogP contribution in [0.25, 0.3) is 0 Å². The summed E-state index contributed by atoms with van der Waals surface area (Å²) >= 11 is 5.34. The molecule has 1 unspecified atom stereocenters. The molecule has 0 saturated carbocycles. The van der Waals surface area contributed by atoms with Gasteiger partial charge in [0.25, 0.3) is 5.91 Å². The van der Waals surface area contributed by atoms with Gasteiger partial charge < -0.3 is 10.1 Å². The molecule has 0 aromatic heterocycles. The van der Waals surface area contributed by atoms with Crippen molar-refractivity contribution in [2.24, 2.45) is 5.92 Å². The second-order valence-electron chi connectivity index (χ2n) is 6.69. The number of amides is 1. The van der Waals surface area contributed by atoms with Crippen molar-refractivity contribution in [2.75, 3.05) is 19.4 Å². The quantitative estimate of drug-likeness (QED) is 0.393. The first-order chi connectivity index (χ1) is 13.5. The molecule has 0 saturated heterocycles. The van der Waals surface area contributed by atoms with Gasteiger partial charge in [-0.1, -0.05) is 35.0 Å². The first-order valence-electron chi connectivity index (χ1n) is 9.30. The predicted octanol–water partition coefficient (Wildman–Crippen LogP) is 5.10. The van der Waals surface area contributed by atoms with Crippen molar-refractivity contribution in [3.63, 3.8) is 0 Å². The molecule has 4 nitrogen and oxygen atoms in total. The minimum Gasteiger partial charge on any atom is -0.469 e. The summed E-state index contributed by atoms with van der Waals surface area (Å²) in [5.41, 5.74) is 1.83. The van der Waals surface area contributed by atoms with Crippen molar-refractivity contribution in [3.8, 4) is 0 Å². The highest BCUT2D eigenvalue weighted by molar-refractivity contribution is 9.10. The molecule has 1 amide bonds. The maximum atomic E-state index is 12.1. The first-order valence-corrected chi connectivity index (χ1v) is 11.1. The summed E-state index contributed by atoms with van der Waals surface area (Å²) in [7, 11) is 1.34. The van der Waals surface area contributed by atoms with Crippen molar-refractivity contribution in [1.29, 1.82) is 0 Å². The van der Waals surface area contributed by atoms with E-state index >= 15 is 0 Å². The number of esters is 1. The number of carbonyl (C=O) groups excluding carboxylic acids is 2. The number of hydrogen-bond acceptors (Lipinski definition) is 4. The van der Waals surface area contributed by atoms with E-state index < -0.39 is 0 Å². The van der Waals surface area contributed by atoms with E-state index in [4.69, 9.17) is 0 Å². The summed E-state index contributed by atoms with van der Waals surface area (Å²) < 4.78 is 5.66. The number of carbonyl (C=O) groups is 2. The maximum absolute atomic E-state index is 12.1. The molecule has 0 fully saturated rings. The third-order valence-electron chi connectivity index (χ3n) is 4.33. The van der Waals surface area contributed by atoms with Crippen LogP contribution in [0, 0.1) is 5.92 Å². The van der Waals surface area contributed by atoms with Crippen LogP contribution in [-0.2, 0) is 16.0 Å². The Hall–Kier alpha value is -1.79. The lowest BCUT2D eigenvalue weighted by molar-refractivity contribution is -0.140. The van der Waals surface area contributed by atoms with Crippen LogP contribution < -0.4 is 5.32 Å². The van der Waals surface area contributed by atoms with Crippen LogP contribution in [0.5, 0.6) is 0 Å². The van der Waals surface area contributed by atoms with Crippen LogP contribution in [0.15, 0.2) is 57.9 Å². The summed E-state index contributed by atoms with van der Waals surface area (Å²) in [6.07, 6.45) is 2.27. The van der Waals surface area contributed by atoms with Gasteiger partial charge in [0.15, 0.2) is 0 Å². The van der Waals surface area contributed by atoms with Gasteiger partial charge >= 0.3 is 5.97 Å². The Labute approximate surface area is 179 Å². The van der Waals surface area contributed by atoms with Crippen LogP contribution in [-0.4, -0.2) is 31.3 Å². The van der Waals surface area contributed by atoms with E-state index in [-0.39, 0.29) is 24.8 Å². The van der Waals surface area contributed by atoms with E-state index in [1.54, 1.807) is 0 Å². The van der Waals surface area contributed by atoms with Crippen molar-refractivity contribution in [2.45, 2.75) is 31.1 Å². The lowest BCUT2D eigenvalue weighted by atomic mass is 10.0. The fourth-order valence-corrected chi connectivity index (χ4v) is 3.81. The zero-order valence-corrected chi connectivity index (χ0v) is 18.6. The second-order valence-corrected chi connectivity index (χ2v) is 8.70. The molecule has 2 rings (SSSR count). The molecule has 2 aromatic carbocycles. The van der Waals surface area contributed by atoms with Crippen LogP contribution in [0.1, 0.15) is 35.7 Å². The topological polar surface area (TPSA) is 55.4 Å². The Kier molecular flexibility index (Phi) is 9.58. The second kappa shape index (κ2) is 11.9. The zero-order valence-electron chi connectivity index (χ0n) is 16.2. The van der Waals surface area contributed by atoms with E-state index in [0.29, 0.717) is 11.5 Å². The average molecular weight is 464 g/mol. The highest BCUT2D eigenvalue weighted by Gasteiger charge is 2.08. The molecule has 6 heteroatoms. The number of ether oxygens (including phenoxy) is 1. The lowest BCUT2D eigenvalue weighted by Gasteiger charge is -2.11. The van der Waals surface area contributed by atoms with Crippen LogP contribution >= 0.6 is 27.7 Å². The molecule has 0 bridgehead atoms. The van der Waals surface area contributed by atoms with Gasteiger partial charge in [-0.3, -0.25) is 9.59 Å². The molecule has 1 N–H and O–H groups in total. The minimum absolute atomic E-state index is 0.172. The maximum Gasteiger partial charge on any atom is 0.307 e.